The Morgan fingerprint density at radius 2 is 1.64 bits per heavy atom. The average molecular weight is 530 g/mol. The Hall–Kier alpha value is -3.07. The second kappa shape index (κ2) is 8.37. The van der Waals surface area contributed by atoms with Crippen LogP contribution in [0.15, 0.2) is 71.2 Å². The number of rotatable bonds is 4. The maximum absolute atomic E-state index is 13.6. The van der Waals surface area contributed by atoms with Crippen molar-refractivity contribution in [1.29, 1.82) is 0 Å². The molecule has 3 aromatic carbocycles. The zero-order valence-corrected chi connectivity index (χ0v) is 19.7. The first-order valence-corrected chi connectivity index (χ1v) is 11.3. The Bertz CT molecular complexity index is 1230. The molecule has 1 N–H and O–H groups in total. The highest BCUT2D eigenvalue weighted by atomic mass is 79.9. The van der Waals surface area contributed by atoms with E-state index in [1.54, 1.807) is 65.7 Å². The summed E-state index contributed by atoms with van der Waals surface area (Å²) in [6, 6.07) is 18.1. The zero-order valence-electron chi connectivity index (χ0n) is 17.3. The van der Waals surface area contributed by atoms with E-state index in [4.69, 9.17) is 21.2 Å². The van der Waals surface area contributed by atoms with Crippen LogP contribution in [-0.4, -0.2) is 30.1 Å². The van der Waals surface area contributed by atoms with Gasteiger partial charge < -0.3 is 9.84 Å². The van der Waals surface area contributed by atoms with Gasteiger partial charge in [-0.05, 0) is 66.2 Å². The number of phenolic OH excluding ortho intramolecular Hbond substituents is 1. The van der Waals surface area contributed by atoms with Crippen molar-refractivity contribution in [1.82, 2.24) is 0 Å². The second-order valence-corrected chi connectivity index (χ2v) is 9.07. The molecule has 2 aliphatic rings. The first-order valence-electron chi connectivity index (χ1n) is 10.1. The highest BCUT2D eigenvalue weighted by Crippen LogP contribution is 2.48. The van der Waals surface area contributed by atoms with Crippen molar-refractivity contribution in [2.45, 2.75) is 12.1 Å². The topological polar surface area (TPSA) is 79.3 Å². The molecule has 0 saturated carbocycles. The number of carbonyl (C=O) groups is 2. The van der Waals surface area contributed by atoms with Crippen molar-refractivity contribution in [2.24, 2.45) is 5.92 Å². The molecule has 2 aliphatic heterocycles. The van der Waals surface area contributed by atoms with Crippen LogP contribution in [0.5, 0.6) is 11.5 Å². The van der Waals surface area contributed by atoms with Crippen LogP contribution < -0.4 is 14.7 Å². The van der Waals surface area contributed by atoms with Gasteiger partial charge in [0, 0.05) is 9.50 Å². The number of fused-ring (bicyclic) bond motifs is 1. The summed E-state index contributed by atoms with van der Waals surface area (Å²) >= 11 is 9.42. The molecule has 0 unspecified atom stereocenters. The second-order valence-electron chi connectivity index (χ2n) is 7.72. The number of hydrogen-bond donors (Lipinski definition) is 1. The molecule has 3 atom stereocenters. The molecule has 168 valence electrons. The fourth-order valence-electron chi connectivity index (χ4n) is 4.29. The third kappa shape index (κ3) is 3.64. The number of phenols is 1. The first kappa shape index (κ1) is 21.8. The molecule has 2 heterocycles. The molecule has 3 aromatic rings. The molecular weight excluding hydrogens is 512 g/mol. The standard InChI is InChI=1S/C24H18BrClN2O5/c1-32-19-12-13(2-11-18(19)29)21-20-22(33-28(21)17-9-5-15(26)6-10-17)24(31)27(23(20)30)16-7-3-14(25)4-8-16/h2-12,20-22,29H,1H3/t20-,21+,22+/m0/s1. The summed E-state index contributed by atoms with van der Waals surface area (Å²) in [5.41, 5.74) is 1.78. The van der Waals surface area contributed by atoms with Crippen LogP contribution in [0, 0.1) is 5.92 Å². The van der Waals surface area contributed by atoms with Crippen molar-refractivity contribution in [2.75, 3.05) is 17.1 Å². The molecule has 33 heavy (non-hydrogen) atoms. The van der Waals surface area contributed by atoms with Crippen LogP contribution in [0.25, 0.3) is 0 Å². The number of hydroxylamine groups is 1. The van der Waals surface area contributed by atoms with Gasteiger partial charge in [0.15, 0.2) is 17.6 Å². The summed E-state index contributed by atoms with van der Waals surface area (Å²) in [5, 5.41) is 12.2. The van der Waals surface area contributed by atoms with Crippen LogP contribution in [0.4, 0.5) is 11.4 Å². The lowest BCUT2D eigenvalue weighted by atomic mass is 9.90. The molecular formula is C24H18BrClN2O5. The largest absolute Gasteiger partial charge is 0.504 e. The quantitative estimate of drug-likeness (QED) is 0.486. The number of anilines is 2. The van der Waals surface area contributed by atoms with E-state index in [-0.39, 0.29) is 17.4 Å². The number of carbonyl (C=O) groups excluding carboxylic acids is 2. The molecule has 5 rings (SSSR count). The number of aromatic hydroxyl groups is 1. The van der Waals surface area contributed by atoms with Crippen molar-refractivity contribution < 1.29 is 24.3 Å². The molecule has 0 aromatic heterocycles. The number of imide groups is 1. The molecule has 0 aliphatic carbocycles. The third-order valence-electron chi connectivity index (χ3n) is 5.83. The molecule has 9 heteroatoms. The van der Waals surface area contributed by atoms with Gasteiger partial charge in [-0.2, -0.15) is 0 Å². The van der Waals surface area contributed by atoms with Gasteiger partial charge in [0.25, 0.3) is 5.91 Å². The summed E-state index contributed by atoms with van der Waals surface area (Å²) in [7, 11) is 1.45. The molecule has 2 saturated heterocycles. The monoisotopic (exact) mass is 528 g/mol. The van der Waals surface area contributed by atoms with E-state index in [1.165, 1.54) is 18.1 Å². The van der Waals surface area contributed by atoms with Gasteiger partial charge in [-0.15, -0.1) is 0 Å². The highest BCUT2D eigenvalue weighted by Gasteiger charge is 2.60. The number of amides is 2. The predicted molar refractivity (Wildman–Crippen MR) is 126 cm³/mol. The van der Waals surface area contributed by atoms with Crippen LogP contribution in [0.1, 0.15) is 11.6 Å². The van der Waals surface area contributed by atoms with Crippen molar-refractivity contribution in [3.8, 4) is 11.5 Å². The third-order valence-corrected chi connectivity index (χ3v) is 6.61. The van der Waals surface area contributed by atoms with Crippen LogP contribution in [0.2, 0.25) is 5.02 Å². The van der Waals surface area contributed by atoms with Gasteiger partial charge in [-0.1, -0.05) is 33.6 Å². The van der Waals surface area contributed by atoms with E-state index < -0.39 is 24.0 Å². The molecule has 7 nitrogen and oxygen atoms in total. The van der Waals surface area contributed by atoms with E-state index in [9.17, 15) is 14.7 Å². The van der Waals surface area contributed by atoms with Crippen LogP contribution in [0.3, 0.4) is 0 Å². The molecule has 2 amide bonds. The number of halogens is 2. The Labute approximate surface area is 203 Å². The van der Waals surface area contributed by atoms with Gasteiger partial charge in [-0.3, -0.25) is 14.4 Å². The Morgan fingerprint density at radius 1 is 0.970 bits per heavy atom. The Balaban J connectivity index is 1.60. The fraction of sp³-hybridized carbons (Fsp3) is 0.167. The minimum absolute atomic E-state index is 0.0277. The van der Waals surface area contributed by atoms with E-state index in [0.717, 1.165) is 4.47 Å². The summed E-state index contributed by atoms with van der Waals surface area (Å²) in [4.78, 5) is 34.2. The molecule has 0 spiro atoms. The van der Waals surface area contributed by atoms with Gasteiger partial charge in [0.05, 0.1) is 24.5 Å². The first-order chi connectivity index (χ1) is 15.9. The number of benzene rings is 3. The fourth-order valence-corrected chi connectivity index (χ4v) is 4.68. The van der Waals surface area contributed by atoms with Gasteiger partial charge >= 0.3 is 0 Å². The number of nitrogens with zero attached hydrogens (tertiary/aromatic N) is 2. The molecule has 0 radical (unpaired) electrons. The van der Waals surface area contributed by atoms with E-state index in [2.05, 4.69) is 15.9 Å². The Morgan fingerprint density at radius 3 is 2.30 bits per heavy atom. The van der Waals surface area contributed by atoms with Crippen LogP contribution in [-0.2, 0) is 14.4 Å². The van der Waals surface area contributed by atoms with Crippen molar-refractivity contribution in [3.63, 3.8) is 0 Å². The number of ether oxygens (including phenoxy) is 1. The molecule has 2 fully saturated rings. The van der Waals surface area contributed by atoms with Gasteiger partial charge in [-0.25, -0.2) is 9.96 Å². The SMILES string of the molecule is COc1cc([C@@H]2[C@@H]3C(=O)N(c4ccc(Br)cc4)C(=O)[C@@H]3ON2c2ccc(Cl)cc2)ccc1O. The van der Waals surface area contributed by atoms with Gasteiger partial charge in [0.1, 0.15) is 5.92 Å². The normalized spacial score (nSPS) is 22.1. The number of methoxy groups -OCH3 is 1. The lowest BCUT2D eigenvalue weighted by Crippen LogP contribution is -2.37. The van der Waals surface area contributed by atoms with E-state index in [0.29, 0.717) is 22.0 Å². The van der Waals surface area contributed by atoms with E-state index in [1.807, 2.05) is 0 Å². The maximum atomic E-state index is 13.6. The average Bonchev–Trinajstić information content (AvgIpc) is 3.32. The van der Waals surface area contributed by atoms with E-state index >= 15 is 0 Å². The van der Waals surface area contributed by atoms with Crippen molar-refractivity contribution >= 4 is 50.7 Å². The highest BCUT2D eigenvalue weighted by molar-refractivity contribution is 9.10. The minimum Gasteiger partial charge on any atom is -0.504 e. The lowest BCUT2D eigenvalue weighted by Gasteiger charge is -2.29. The summed E-state index contributed by atoms with van der Waals surface area (Å²) in [5.74, 6) is -1.36. The lowest BCUT2D eigenvalue weighted by molar-refractivity contribution is -0.126. The summed E-state index contributed by atoms with van der Waals surface area (Å²) < 4.78 is 6.11. The van der Waals surface area contributed by atoms with Crippen LogP contribution >= 0.6 is 27.5 Å². The summed E-state index contributed by atoms with van der Waals surface area (Å²) in [6.07, 6.45) is -0.998. The van der Waals surface area contributed by atoms with Crippen molar-refractivity contribution in [3.05, 3.63) is 81.8 Å². The minimum atomic E-state index is -0.998. The maximum Gasteiger partial charge on any atom is 0.266 e. The smallest absolute Gasteiger partial charge is 0.266 e. The zero-order chi connectivity index (χ0) is 23.3. The predicted octanol–water partition coefficient (Wildman–Crippen LogP) is 4.87. The Kier molecular flexibility index (Phi) is 5.52. The summed E-state index contributed by atoms with van der Waals surface area (Å²) in [6.45, 7) is 0. The molecule has 0 bridgehead atoms. The number of hydrogen-bond acceptors (Lipinski definition) is 6. The van der Waals surface area contributed by atoms with Gasteiger partial charge in [0.2, 0.25) is 5.91 Å².